The number of ether oxygens (including phenoxy) is 1. The fourth-order valence-corrected chi connectivity index (χ4v) is 5.01. The second kappa shape index (κ2) is 9.82. The van der Waals surface area contributed by atoms with E-state index in [0.29, 0.717) is 11.3 Å². The van der Waals surface area contributed by atoms with Crippen LogP contribution in [0.1, 0.15) is 49.1 Å². The molecule has 1 amide bonds. The molecule has 1 fully saturated rings. The van der Waals surface area contributed by atoms with Crippen LogP contribution in [0, 0.1) is 0 Å². The van der Waals surface area contributed by atoms with Crippen LogP contribution in [0.5, 0.6) is 5.75 Å². The largest absolute Gasteiger partial charge is 0.507 e. The monoisotopic (exact) mass is 505 g/mol. The summed E-state index contributed by atoms with van der Waals surface area (Å²) in [5.74, 6) is -0.836. The Bertz CT molecular complexity index is 1560. The lowest BCUT2D eigenvalue weighted by atomic mass is 9.85. The second-order valence-corrected chi connectivity index (χ2v) is 10.7. The molecule has 0 radical (unpaired) electrons. The lowest BCUT2D eigenvalue weighted by molar-refractivity contribution is -0.140. The first-order chi connectivity index (χ1) is 18.2. The molecule has 1 heterocycles. The molecule has 0 saturated carbocycles. The number of methoxy groups -OCH3 is 1. The smallest absolute Gasteiger partial charge is 0.295 e. The van der Waals surface area contributed by atoms with Gasteiger partial charge >= 0.3 is 0 Å². The number of hydrogen-bond donors (Lipinski definition) is 1. The fourth-order valence-electron chi connectivity index (χ4n) is 5.01. The minimum atomic E-state index is -0.735. The first kappa shape index (κ1) is 25.3. The highest BCUT2D eigenvalue weighted by Gasteiger charge is 2.46. The summed E-state index contributed by atoms with van der Waals surface area (Å²) in [6.45, 7) is 6.60. The fraction of sp³-hybridized carbons (Fsp3) is 0.212. The van der Waals surface area contributed by atoms with E-state index in [9.17, 15) is 14.7 Å². The van der Waals surface area contributed by atoms with Crippen molar-refractivity contribution in [2.75, 3.05) is 7.11 Å². The summed E-state index contributed by atoms with van der Waals surface area (Å²) in [7, 11) is 1.59. The zero-order valence-corrected chi connectivity index (χ0v) is 22.1. The van der Waals surface area contributed by atoms with E-state index < -0.39 is 17.7 Å². The Kier molecular flexibility index (Phi) is 6.53. The Labute approximate surface area is 223 Å². The highest BCUT2D eigenvalue weighted by atomic mass is 16.5. The van der Waals surface area contributed by atoms with Crippen molar-refractivity contribution in [2.45, 2.75) is 38.8 Å². The molecule has 5 rings (SSSR count). The number of ketones is 1. The number of fused-ring (bicyclic) bond motifs is 1. The van der Waals surface area contributed by atoms with Crippen molar-refractivity contribution in [1.82, 2.24) is 4.90 Å². The van der Waals surface area contributed by atoms with Gasteiger partial charge in [0.1, 0.15) is 11.5 Å². The number of nitrogens with zero attached hydrogens (tertiary/aromatic N) is 1. The third kappa shape index (κ3) is 4.68. The SMILES string of the molecule is COc1cccc(CN2C(=O)C(=O)/C(=C(\O)c3ccc4ccccc4c3)C2c2ccc(C(C)(C)C)cc2)c1. The third-order valence-corrected chi connectivity index (χ3v) is 7.14. The van der Waals surface area contributed by atoms with Gasteiger partial charge in [0.25, 0.3) is 11.7 Å². The van der Waals surface area contributed by atoms with E-state index in [1.54, 1.807) is 13.2 Å². The predicted octanol–water partition coefficient (Wildman–Crippen LogP) is 6.77. The van der Waals surface area contributed by atoms with Gasteiger partial charge in [0.05, 0.1) is 18.7 Å². The maximum atomic E-state index is 13.5. The van der Waals surface area contributed by atoms with E-state index in [1.165, 1.54) is 4.90 Å². The number of rotatable bonds is 5. The molecule has 38 heavy (non-hydrogen) atoms. The topological polar surface area (TPSA) is 66.8 Å². The zero-order valence-electron chi connectivity index (χ0n) is 22.1. The normalized spacial score (nSPS) is 17.3. The number of aliphatic hydroxyl groups is 1. The Morgan fingerprint density at radius 3 is 2.26 bits per heavy atom. The quantitative estimate of drug-likeness (QED) is 0.185. The van der Waals surface area contributed by atoms with Gasteiger partial charge in [-0.05, 0) is 51.1 Å². The van der Waals surface area contributed by atoms with Gasteiger partial charge in [-0.3, -0.25) is 9.59 Å². The molecular weight excluding hydrogens is 474 g/mol. The molecule has 192 valence electrons. The molecule has 0 aliphatic carbocycles. The van der Waals surface area contributed by atoms with Crippen LogP contribution in [-0.4, -0.2) is 28.8 Å². The van der Waals surface area contributed by atoms with E-state index in [-0.39, 0.29) is 23.3 Å². The first-order valence-corrected chi connectivity index (χ1v) is 12.7. The van der Waals surface area contributed by atoms with E-state index >= 15 is 0 Å². The van der Waals surface area contributed by atoms with Gasteiger partial charge in [-0.1, -0.05) is 93.6 Å². The molecular formula is C33H31NO4. The highest BCUT2D eigenvalue weighted by Crippen LogP contribution is 2.41. The Balaban J connectivity index is 1.65. The van der Waals surface area contributed by atoms with Crippen LogP contribution in [0.25, 0.3) is 16.5 Å². The number of likely N-dealkylation sites (tertiary alicyclic amines) is 1. The Morgan fingerprint density at radius 2 is 1.58 bits per heavy atom. The molecule has 4 aromatic carbocycles. The van der Waals surface area contributed by atoms with Crippen molar-refractivity contribution in [2.24, 2.45) is 0 Å². The average Bonchev–Trinajstić information content (AvgIpc) is 3.17. The van der Waals surface area contributed by atoms with E-state index in [4.69, 9.17) is 4.74 Å². The van der Waals surface area contributed by atoms with Gasteiger partial charge in [0.2, 0.25) is 0 Å². The number of carbonyl (C=O) groups excluding carboxylic acids is 2. The molecule has 0 bridgehead atoms. The number of hydrogen-bond acceptors (Lipinski definition) is 4. The third-order valence-electron chi connectivity index (χ3n) is 7.14. The molecule has 5 heteroatoms. The molecule has 1 N–H and O–H groups in total. The van der Waals surface area contributed by atoms with Crippen LogP contribution in [0.15, 0.2) is 96.6 Å². The zero-order chi connectivity index (χ0) is 27.0. The predicted molar refractivity (Wildman–Crippen MR) is 150 cm³/mol. The van der Waals surface area contributed by atoms with E-state index in [2.05, 4.69) is 20.8 Å². The molecule has 1 saturated heterocycles. The summed E-state index contributed by atoms with van der Waals surface area (Å²) in [4.78, 5) is 28.5. The van der Waals surface area contributed by atoms with Gasteiger partial charge in [0, 0.05) is 12.1 Å². The summed E-state index contributed by atoms with van der Waals surface area (Å²) in [6.07, 6.45) is 0. The van der Waals surface area contributed by atoms with Crippen molar-refractivity contribution in [3.05, 3.63) is 119 Å². The molecule has 4 aromatic rings. The minimum Gasteiger partial charge on any atom is -0.507 e. The van der Waals surface area contributed by atoms with E-state index in [1.807, 2.05) is 84.9 Å². The molecule has 0 spiro atoms. The molecule has 1 atom stereocenters. The van der Waals surface area contributed by atoms with Crippen molar-refractivity contribution >= 4 is 28.2 Å². The van der Waals surface area contributed by atoms with Crippen molar-refractivity contribution in [3.8, 4) is 5.75 Å². The van der Waals surface area contributed by atoms with Crippen molar-refractivity contribution in [3.63, 3.8) is 0 Å². The maximum Gasteiger partial charge on any atom is 0.295 e. The van der Waals surface area contributed by atoms with Crippen LogP contribution in [0.2, 0.25) is 0 Å². The van der Waals surface area contributed by atoms with E-state index in [0.717, 1.165) is 27.5 Å². The number of aliphatic hydroxyl groups excluding tert-OH is 1. The standard InChI is InChI=1S/C33H31NO4/c1-33(2,3)26-16-14-23(15-17-26)29-28(30(35)25-13-12-22-9-5-6-10-24(22)19-25)31(36)32(37)34(29)20-21-8-7-11-27(18-21)38-4/h5-19,29,35H,20H2,1-4H3/b30-28-. The van der Waals surface area contributed by atoms with Gasteiger partial charge < -0.3 is 14.7 Å². The summed E-state index contributed by atoms with van der Waals surface area (Å²) in [6, 6.07) is 28.0. The summed E-state index contributed by atoms with van der Waals surface area (Å²) < 4.78 is 5.36. The molecule has 5 nitrogen and oxygen atoms in total. The Hall–Kier alpha value is -4.38. The summed E-state index contributed by atoms with van der Waals surface area (Å²) >= 11 is 0. The summed E-state index contributed by atoms with van der Waals surface area (Å²) in [5.41, 5.74) is 3.28. The van der Waals surface area contributed by atoms with Crippen LogP contribution < -0.4 is 4.74 Å². The van der Waals surface area contributed by atoms with Crippen LogP contribution in [0.4, 0.5) is 0 Å². The average molecular weight is 506 g/mol. The highest BCUT2D eigenvalue weighted by molar-refractivity contribution is 6.46. The van der Waals surface area contributed by atoms with Crippen LogP contribution >= 0.6 is 0 Å². The van der Waals surface area contributed by atoms with Gasteiger partial charge in [-0.2, -0.15) is 0 Å². The Morgan fingerprint density at radius 1 is 0.868 bits per heavy atom. The lowest BCUT2D eigenvalue weighted by Crippen LogP contribution is -2.29. The molecule has 0 aromatic heterocycles. The molecule has 1 aliphatic rings. The number of Topliss-reactive ketones (excluding diaryl/α,β-unsaturated/α-hetero) is 1. The minimum absolute atomic E-state index is 0.0496. The van der Waals surface area contributed by atoms with Gasteiger partial charge in [-0.25, -0.2) is 0 Å². The van der Waals surface area contributed by atoms with Crippen LogP contribution in [-0.2, 0) is 21.5 Å². The van der Waals surface area contributed by atoms with Gasteiger partial charge in [-0.15, -0.1) is 0 Å². The van der Waals surface area contributed by atoms with Crippen molar-refractivity contribution < 1.29 is 19.4 Å². The van der Waals surface area contributed by atoms with Crippen LogP contribution in [0.3, 0.4) is 0 Å². The summed E-state index contributed by atoms with van der Waals surface area (Å²) in [5, 5.41) is 13.5. The second-order valence-electron chi connectivity index (χ2n) is 10.7. The number of carbonyl (C=O) groups is 2. The van der Waals surface area contributed by atoms with Crippen molar-refractivity contribution in [1.29, 1.82) is 0 Å². The molecule has 1 unspecified atom stereocenters. The number of benzene rings is 4. The first-order valence-electron chi connectivity index (χ1n) is 12.7. The number of amides is 1. The lowest BCUT2D eigenvalue weighted by Gasteiger charge is -2.27. The van der Waals surface area contributed by atoms with Gasteiger partial charge in [0.15, 0.2) is 0 Å². The maximum absolute atomic E-state index is 13.5. The molecule has 1 aliphatic heterocycles.